The van der Waals surface area contributed by atoms with E-state index in [1.54, 1.807) is 11.0 Å². The standard InChI is InChI=1S/C20H21F2N3O3S/c21-15-6-7-19(18(22)12-15)23-29(27,28)17-5-1-3-14(11-17)20(26)25-10-9-24-8-2-4-16(24)13-25/h1,3,5-7,11-12,16,23H,2,4,8-10,13H2/t16-/m1/s1. The molecule has 2 heterocycles. The lowest BCUT2D eigenvalue weighted by atomic mass is 10.1. The highest BCUT2D eigenvalue weighted by Gasteiger charge is 2.33. The molecule has 0 saturated carbocycles. The van der Waals surface area contributed by atoms with Crippen molar-refractivity contribution in [1.82, 2.24) is 9.80 Å². The smallest absolute Gasteiger partial charge is 0.262 e. The molecule has 2 saturated heterocycles. The SMILES string of the molecule is O=C(c1cccc(S(=O)(=O)Nc2ccc(F)cc2F)c1)N1CCN2CCC[C@@H]2C1. The second kappa shape index (κ2) is 7.72. The Bertz CT molecular complexity index is 1050. The number of nitrogens with zero attached hydrogens (tertiary/aromatic N) is 2. The van der Waals surface area contributed by atoms with Crippen molar-refractivity contribution in [1.29, 1.82) is 0 Å². The molecule has 2 aromatic rings. The third kappa shape index (κ3) is 4.11. The van der Waals surface area contributed by atoms with Gasteiger partial charge in [-0.2, -0.15) is 0 Å². The van der Waals surface area contributed by atoms with E-state index in [0.717, 1.165) is 38.1 Å². The van der Waals surface area contributed by atoms with Crippen molar-refractivity contribution in [2.45, 2.75) is 23.8 Å². The van der Waals surface area contributed by atoms with Gasteiger partial charge in [0.25, 0.3) is 15.9 Å². The van der Waals surface area contributed by atoms with Gasteiger partial charge in [-0.15, -0.1) is 0 Å². The van der Waals surface area contributed by atoms with Crippen molar-refractivity contribution in [3.05, 3.63) is 59.7 Å². The van der Waals surface area contributed by atoms with Crippen molar-refractivity contribution in [3.8, 4) is 0 Å². The molecule has 2 aliphatic heterocycles. The van der Waals surface area contributed by atoms with E-state index >= 15 is 0 Å². The summed E-state index contributed by atoms with van der Waals surface area (Å²) in [5.74, 6) is -2.04. The molecule has 29 heavy (non-hydrogen) atoms. The van der Waals surface area contributed by atoms with Crippen LogP contribution in [0.4, 0.5) is 14.5 Å². The Kier molecular flexibility index (Phi) is 5.26. The van der Waals surface area contributed by atoms with Gasteiger partial charge in [0, 0.05) is 37.3 Å². The predicted molar refractivity (Wildman–Crippen MR) is 104 cm³/mol. The molecule has 0 aromatic heterocycles. The Hall–Kier alpha value is -2.52. The molecule has 9 heteroatoms. The minimum Gasteiger partial charge on any atom is -0.336 e. The number of benzene rings is 2. The number of fused-ring (bicyclic) bond motifs is 1. The van der Waals surface area contributed by atoms with Gasteiger partial charge in [-0.05, 0) is 49.7 Å². The number of carbonyl (C=O) groups excluding carboxylic acids is 1. The van der Waals surface area contributed by atoms with Crippen molar-refractivity contribution in [3.63, 3.8) is 0 Å². The molecule has 0 bridgehead atoms. The van der Waals surface area contributed by atoms with E-state index in [1.165, 1.54) is 18.2 Å². The maximum Gasteiger partial charge on any atom is 0.262 e. The normalized spacial score (nSPS) is 19.8. The number of halogens is 2. The number of piperazine rings is 1. The van der Waals surface area contributed by atoms with Gasteiger partial charge in [0.15, 0.2) is 0 Å². The summed E-state index contributed by atoms with van der Waals surface area (Å²) in [6.45, 7) is 3.12. The molecule has 2 aliphatic rings. The summed E-state index contributed by atoms with van der Waals surface area (Å²) < 4.78 is 54.2. The number of rotatable bonds is 4. The number of anilines is 1. The molecule has 0 spiro atoms. The molecule has 1 amide bonds. The molecule has 2 fully saturated rings. The average Bonchev–Trinajstić information content (AvgIpc) is 3.17. The molecular formula is C20H21F2N3O3S. The van der Waals surface area contributed by atoms with E-state index in [9.17, 15) is 22.0 Å². The number of sulfonamides is 1. The molecule has 2 aromatic carbocycles. The summed E-state index contributed by atoms with van der Waals surface area (Å²) in [6.07, 6.45) is 2.19. The zero-order valence-corrected chi connectivity index (χ0v) is 16.5. The maximum absolute atomic E-state index is 13.8. The van der Waals surface area contributed by atoms with E-state index in [2.05, 4.69) is 9.62 Å². The van der Waals surface area contributed by atoms with Crippen LogP contribution < -0.4 is 4.72 Å². The van der Waals surface area contributed by atoms with Crippen LogP contribution >= 0.6 is 0 Å². The summed E-state index contributed by atoms with van der Waals surface area (Å²) >= 11 is 0. The van der Waals surface area contributed by atoms with Crippen molar-refractivity contribution in [2.75, 3.05) is 30.9 Å². The molecule has 0 aliphatic carbocycles. The zero-order chi connectivity index (χ0) is 20.6. The fraction of sp³-hybridized carbons (Fsp3) is 0.350. The van der Waals surface area contributed by atoms with E-state index in [4.69, 9.17) is 0 Å². The minimum atomic E-state index is -4.14. The fourth-order valence-electron chi connectivity index (χ4n) is 3.93. The Morgan fingerprint density at radius 2 is 1.90 bits per heavy atom. The first kappa shape index (κ1) is 19.8. The third-order valence-corrected chi connectivity index (χ3v) is 6.80. The van der Waals surface area contributed by atoms with E-state index in [-0.39, 0.29) is 22.1 Å². The lowest BCUT2D eigenvalue weighted by Crippen LogP contribution is -2.52. The zero-order valence-electron chi connectivity index (χ0n) is 15.6. The predicted octanol–water partition coefficient (Wildman–Crippen LogP) is 2.69. The van der Waals surface area contributed by atoms with Crippen LogP contribution in [0.5, 0.6) is 0 Å². The molecule has 154 valence electrons. The molecular weight excluding hydrogens is 400 g/mol. The van der Waals surface area contributed by atoms with Gasteiger partial charge in [0.1, 0.15) is 11.6 Å². The number of carbonyl (C=O) groups is 1. The lowest BCUT2D eigenvalue weighted by Gasteiger charge is -2.37. The van der Waals surface area contributed by atoms with Gasteiger partial charge < -0.3 is 4.90 Å². The van der Waals surface area contributed by atoms with Crippen LogP contribution in [-0.2, 0) is 10.0 Å². The van der Waals surface area contributed by atoms with E-state index < -0.39 is 21.7 Å². The number of nitrogens with one attached hydrogen (secondary N) is 1. The first-order valence-corrected chi connectivity index (χ1v) is 10.9. The second-order valence-electron chi connectivity index (χ2n) is 7.34. The minimum absolute atomic E-state index is 0.161. The highest BCUT2D eigenvalue weighted by Crippen LogP contribution is 2.24. The average molecular weight is 421 g/mol. The van der Waals surface area contributed by atoms with Crippen LogP contribution in [0, 0.1) is 11.6 Å². The summed E-state index contributed by atoms with van der Waals surface area (Å²) in [4.78, 5) is 16.9. The van der Waals surface area contributed by atoms with E-state index in [0.29, 0.717) is 25.2 Å². The van der Waals surface area contributed by atoms with Gasteiger partial charge in [0.05, 0.1) is 10.6 Å². The summed E-state index contributed by atoms with van der Waals surface area (Å²) in [7, 11) is -4.14. The van der Waals surface area contributed by atoms with Gasteiger partial charge in [-0.25, -0.2) is 17.2 Å². The summed E-state index contributed by atoms with van der Waals surface area (Å²) in [5, 5.41) is 0. The van der Waals surface area contributed by atoms with Crippen LogP contribution in [0.15, 0.2) is 47.4 Å². The van der Waals surface area contributed by atoms with Crippen LogP contribution in [0.2, 0.25) is 0 Å². The van der Waals surface area contributed by atoms with Crippen LogP contribution in [0.1, 0.15) is 23.2 Å². The van der Waals surface area contributed by atoms with Gasteiger partial charge in [-0.3, -0.25) is 14.4 Å². The first-order valence-electron chi connectivity index (χ1n) is 9.45. The third-order valence-electron chi connectivity index (χ3n) is 5.44. The largest absolute Gasteiger partial charge is 0.336 e. The Labute approximate surface area is 168 Å². The second-order valence-corrected chi connectivity index (χ2v) is 9.02. The number of amides is 1. The molecule has 0 radical (unpaired) electrons. The van der Waals surface area contributed by atoms with Gasteiger partial charge >= 0.3 is 0 Å². The van der Waals surface area contributed by atoms with Gasteiger partial charge in [-0.1, -0.05) is 6.07 Å². The van der Waals surface area contributed by atoms with Crippen molar-refractivity contribution < 1.29 is 22.0 Å². The molecule has 0 unspecified atom stereocenters. The van der Waals surface area contributed by atoms with Gasteiger partial charge in [0.2, 0.25) is 0 Å². The summed E-state index contributed by atoms with van der Waals surface area (Å²) in [6, 6.07) is 8.60. The Morgan fingerprint density at radius 3 is 2.69 bits per heavy atom. The quantitative estimate of drug-likeness (QED) is 0.824. The maximum atomic E-state index is 13.8. The monoisotopic (exact) mass is 421 g/mol. The summed E-state index contributed by atoms with van der Waals surface area (Å²) in [5.41, 5.74) is -0.0978. The Morgan fingerprint density at radius 1 is 1.07 bits per heavy atom. The van der Waals surface area contributed by atoms with Crippen LogP contribution in [0.3, 0.4) is 0 Å². The fourth-order valence-corrected chi connectivity index (χ4v) is 5.04. The highest BCUT2D eigenvalue weighted by molar-refractivity contribution is 7.92. The number of hydrogen-bond acceptors (Lipinski definition) is 4. The van der Waals surface area contributed by atoms with Crippen molar-refractivity contribution >= 4 is 21.6 Å². The van der Waals surface area contributed by atoms with Crippen LogP contribution in [0.25, 0.3) is 0 Å². The van der Waals surface area contributed by atoms with Crippen molar-refractivity contribution in [2.24, 2.45) is 0 Å². The molecule has 1 atom stereocenters. The highest BCUT2D eigenvalue weighted by atomic mass is 32.2. The lowest BCUT2D eigenvalue weighted by molar-refractivity contribution is 0.0571. The number of hydrogen-bond donors (Lipinski definition) is 1. The van der Waals surface area contributed by atoms with E-state index in [1.807, 2.05) is 0 Å². The topological polar surface area (TPSA) is 69.7 Å². The Balaban J connectivity index is 1.53. The molecule has 1 N–H and O–H groups in total. The molecule has 4 rings (SSSR count). The first-order chi connectivity index (χ1) is 13.8. The molecule has 6 nitrogen and oxygen atoms in total. The van der Waals surface area contributed by atoms with Crippen LogP contribution in [-0.4, -0.2) is 56.3 Å².